The number of aromatic amines is 2. The standard InChI is InChI=1S/C42H46FN7O5/c1-26(2)36(48-40(52)54-6)39(51)49-20-10-16-34(49)38-45-25-33(47-38)29-19-18-27(32(23-29)28-13-9-14-30(43)22-28)12-7-8-15-31-24-44-37(46-31)35-17-11-21-50(35)41(53)55-42(3,4)5/h9,13-14,18-19,22-26,34-36H,10-11,16-17,20-21H2,1-6H3,(H,44,46)(H,45,47)(H,48,52)/t34-,35-,36-/m0/s1. The number of benzene rings is 2. The molecule has 3 amide bonds. The highest BCUT2D eigenvalue weighted by Gasteiger charge is 2.38. The third-order valence-electron chi connectivity index (χ3n) is 9.55. The van der Waals surface area contributed by atoms with Crippen LogP contribution in [-0.2, 0) is 14.3 Å². The SMILES string of the molecule is COC(=O)N[C@H](C(=O)N1CCC[C@H]1c1ncc(-c2ccc(C#CC#Cc3cnc([C@@H]4CCCN4C(=O)OC(C)(C)C)[nH]3)c(-c3cccc(F)c3)c2)[nH]1)C(C)C. The zero-order chi connectivity index (χ0) is 39.3. The lowest BCUT2D eigenvalue weighted by atomic mass is 9.96. The van der Waals surface area contributed by atoms with Crippen LogP contribution < -0.4 is 5.32 Å². The Morgan fingerprint density at radius 3 is 2.31 bits per heavy atom. The van der Waals surface area contributed by atoms with E-state index < -0.39 is 17.7 Å². The maximum atomic E-state index is 14.5. The van der Waals surface area contributed by atoms with Crippen molar-refractivity contribution in [2.45, 2.75) is 84.0 Å². The van der Waals surface area contributed by atoms with Crippen molar-refractivity contribution in [1.29, 1.82) is 0 Å². The Labute approximate surface area is 320 Å². The highest BCUT2D eigenvalue weighted by molar-refractivity contribution is 5.86. The molecule has 13 heteroatoms. The van der Waals surface area contributed by atoms with E-state index in [4.69, 9.17) is 9.47 Å². The second kappa shape index (κ2) is 16.5. The van der Waals surface area contributed by atoms with Crippen LogP contribution in [0.4, 0.5) is 14.0 Å². The van der Waals surface area contributed by atoms with Gasteiger partial charge in [-0.1, -0.05) is 38.0 Å². The Morgan fingerprint density at radius 2 is 1.60 bits per heavy atom. The summed E-state index contributed by atoms with van der Waals surface area (Å²) < 4.78 is 24.8. The summed E-state index contributed by atoms with van der Waals surface area (Å²) in [5.74, 6) is 12.5. The molecule has 0 aliphatic carbocycles. The molecule has 12 nitrogen and oxygen atoms in total. The summed E-state index contributed by atoms with van der Waals surface area (Å²) in [6, 6.07) is 10.8. The smallest absolute Gasteiger partial charge is 0.410 e. The molecule has 2 aliphatic heterocycles. The van der Waals surface area contributed by atoms with Gasteiger partial charge in [-0.05, 0) is 106 Å². The van der Waals surface area contributed by atoms with Crippen LogP contribution in [0.3, 0.4) is 0 Å². The highest BCUT2D eigenvalue weighted by Crippen LogP contribution is 2.35. The number of aromatic nitrogens is 4. The number of hydrogen-bond donors (Lipinski definition) is 3. The Kier molecular flexibility index (Phi) is 11.6. The molecule has 0 bridgehead atoms. The fourth-order valence-corrected chi connectivity index (χ4v) is 6.92. The number of likely N-dealkylation sites (tertiary alicyclic amines) is 2. The molecule has 2 fully saturated rings. The Hall–Kier alpha value is -6.08. The van der Waals surface area contributed by atoms with Crippen LogP contribution in [0.25, 0.3) is 22.4 Å². The van der Waals surface area contributed by atoms with Crippen LogP contribution in [0.5, 0.6) is 0 Å². The minimum atomic E-state index is -0.736. The first-order chi connectivity index (χ1) is 26.3. The summed E-state index contributed by atoms with van der Waals surface area (Å²) in [7, 11) is 1.27. The van der Waals surface area contributed by atoms with E-state index in [9.17, 15) is 18.8 Å². The fraction of sp³-hybridized carbons (Fsp3) is 0.405. The molecule has 0 radical (unpaired) electrons. The molecular formula is C42H46FN7O5. The number of methoxy groups -OCH3 is 1. The van der Waals surface area contributed by atoms with Crippen molar-refractivity contribution < 1.29 is 28.2 Å². The summed E-state index contributed by atoms with van der Waals surface area (Å²) in [6.45, 7) is 10.4. The van der Waals surface area contributed by atoms with Crippen LogP contribution in [0.2, 0.25) is 0 Å². The van der Waals surface area contributed by atoms with E-state index in [0.717, 1.165) is 36.9 Å². The molecule has 3 N–H and O–H groups in total. The van der Waals surface area contributed by atoms with E-state index in [1.54, 1.807) is 28.3 Å². The van der Waals surface area contributed by atoms with Gasteiger partial charge in [-0.25, -0.2) is 23.9 Å². The molecule has 6 rings (SSSR count). The van der Waals surface area contributed by atoms with Gasteiger partial charge in [0.25, 0.3) is 0 Å². The van der Waals surface area contributed by atoms with Crippen LogP contribution in [0.1, 0.15) is 95.3 Å². The van der Waals surface area contributed by atoms with Crippen molar-refractivity contribution in [2.24, 2.45) is 5.92 Å². The van der Waals surface area contributed by atoms with Gasteiger partial charge < -0.3 is 29.7 Å². The number of nitrogens with zero attached hydrogens (tertiary/aromatic N) is 4. The number of nitrogens with one attached hydrogen (secondary N) is 3. The number of carbonyl (C=O) groups excluding carboxylic acids is 3. The van der Waals surface area contributed by atoms with Crippen LogP contribution >= 0.6 is 0 Å². The van der Waals surface area contributed by atoms with E-state index in [-0.39, 0.29) is 35.8 Å². The molecule has 2 saturated heterocycles. The number of rotatable bonds is 7. The van der Waals surface area contributed by atoms with Gasteiger partial charge in [-0.3, -0.25) is 9.69 Å². The quantitative estimate of drug-likeness (QED) is 0.171. The minimum absolute atomic E-state index is 0.146. The summed E-state index contributed by atoms with van der Waals surface area (Å²) in [5.41, 5.74) is 3.51. The molecule has 0 unspecified atom stereocenters. The summed E-state index contributed by atoms with van der Waals surface area (Å²) in [5, 5.41) is 2.68. The number of hydrogen-bond acceptors (Lipinski definition) is 7. The van der Waals surface area contributed by atoms with Gasteiger partial charge >= 0.3 is 12.2 Å². The molecule has 4 aromatic rings. The minimum Gasteiger partial charge on any atom is -0.453 e. The molecule has 0 spiro atoms. The first-order valence-electron chi connectivity index (χ1n) is 18.5. The number of carbonyl (C=O) groups is 3. The molecular weight excluding hydrogens is 702 g/mol. The van der Waals surface area contributed by atoms with Crippen molar-refractivity contribution in [3.63, 3.8) is 0 Å². The average molecular weight is 748 g/mol. The van der Waals surface area contributed by atoms with E-state index in [1.807, 2.05) is 58.9 Å². The summed E-state index contributed by atoms with van der Waals surface area (Å²) >= 11 is 0. The normalized spacial score (nSPS) is 17.2. The lowest BCUT2D eigenvalue weighted by molar-refractivity contribution is -0.135. The van der Waals surface area contributed by atoms with E-state index in [1.165, 1.54) is 19.2 Å². The third kappa shape index (κ3) is 9.18. The van der Waals surface area contributed by atoms with Crippen molar-refractivity contribution >= 4 is 18.1 Å². The van der Waals surface area contributed by atoms with Crippen molar-refractivity contribution in [2.75, 3.05) is 20.2 Å². The Bertz CT molecular complexity index is 2180. The first kappa shape index (κ1) is 38.6. The predicted molar refractivity (Wildman–Crippen MR) is 205 cm³/mol. The monoisotopic (exact) mass is 747 g/mol. The predicted octanol–water partition coefficient (Wildman–Crippen LogP) is 7.13. The Morgan fingerprint density at radius 1 is 0.909 bits per heavy atom. The topological polar surface area (TPSA) is 146 Å². The zero-order valence-corrected chi connectivity index (χ0v) is 32.0. The maximum Gasteiger partial charge on any atom is 0.410 e. The molecule has 0 saturated carbocycles. The molecule has 2 aliphatic rings. The maximum absolute atomic E-state index is 14.5. The van der Waals surface area contributed by atoms with E-state index in [0.29, 0.717) is 47.1 Å². The molecule has 4 heterocycles. The lowest BCUT2D eigenvalue weighted by Gasteiger charge is -2.30. The number of ether oxygens (including phenoxy) is 2. The van der Waals surface area contributed by atoms with Crippen LogP contribution in [0, 0.1) is 35.4 Å². The second-order valence-electron chi connectivity index (χ2n) is 15.0. The van der Waals surface area contributed by atoms with Gasteiger partial charge in [0, 0.05) is 24.2 Å². The second-order valence-corrected chi connectivity index (χ2v) is 15.0. The van der Waals surface area contributed by atoms with Gasteiger partial charge in [-0.15, -0.1) is 0 Å². The van der Waals surface area contributed by atoms with Gasteiger partial charge in [0.15, 0.2) is 0 Å². The average Bonchev–Trinajstić information content (AvgIpc) is 3.98. The molecule has 2 aromatic carbocycles. The van der Waals surface area contributed by atoms with Gasteiger partial charge in [0.2, 0.25) is 5.91 Å². The number of H-pyrrole nitrogens is 2. The van der Waals surface area contributed by atoms with Gasteiger partial charge in [0.05, 0.1) is 37.3 Å². The summed E-state index contributed by atoms with van der Waals surface area (Å²) in [4.78, 5) is 57.6. The van der Waals surface area contributed by atoms with Crippen molar-refractivity contribution in [3.05, 3.63) is 83.6 Å². The molecule has 2 aromatic heterocycles. The summed E-state index contributed by atoms with van der Waals surface area (Å²) in [6.07, 6.45) is 5.47. The van der Waals surface area contributed by atoms with Crippen LogP contribution in [0.15, 0.2) is 54.9 Å². The van der Waals surface area contributed by atoms with Gasteiger partial charge in [-0.2, -0.15) is 0 Å². The lowest BCUT2D eigenvalue weighted by Crippen LogP contribution is -2.51. The number of imidazole rings is 2. The number of alkyl carbamates (subject to hydrolysis) is 1. The largest absolute Gasteiger partial charge is 0.453 e. The fourth-order valence-electron chi connectivity index (χ4n) is 6.92. The number of halogens is 1. The van der Waals surface area contributed by atoms with Crippen LogP contribution in [-0.4, -0.2) is 79.7 Å². The van der Waals surface area contributed by atoms with Crippen molar-refractivity contribution in [3.8, 4) is 46.1 Å². The number of amides is 3. The van der Waals surface area contributed by atoms with E-state index >= 15 is 0 Å². The zero-order valence-electron chi connectivity index (χ0n) is 32.0. The van der Waals surface area contributed by atoms with Gasteiger partial charge in [0.1, 0.15) is 34.8 Å². The van der Waals surface area contributed by atoms with Crippen molar-refractivity contribution in [1.82, 2.24) is 35.1 Å². The first-order valence-corrected chi connectivity index (χ1v) is 18.5. The molecule has 55 heavy (non-hydrogen) atoms. The third-order valence-corrected chi connectivity index (χ3v) is 9.55. The van der Waals surface area contributed by atoms with E-state index in [2.05, 4.69) is 48.9 Å². The molecule has 286 valence electrons. The Balaban J connectivity index is 1.22. The highest BCUT2D eigenvalue weighted by atomic mass is 19.1. The molecule has 3 atom stereocenters.